The Morgan fingerprint density at radius 1 is 0.800 bits per heavy atom. The molecule has 1 heteroatoms. The summed E-state index contributed by atoms with van der Waals surface area (Å²) in [6.07, 6.45) is 4.56. The highest BCUT2D eigenvalue weighted by molar-refractivity contribution is 7.97. The van der Waals surface area contributed by atoms with Gasteiger partial charge in [0.25, 0.3) is 0 Å². The maximum atomic E-state index is 2.39. The SMILES string of the molecule is CSCc1ccccc1C1C(C)=Cc2c(-c3ccccc3)cccc21. The highest BCUT2D eigenvalue weighted by atomic mass is 32.2. The first-order valence-corrected chi connectivity index (χ1v) is 10.1. The van der Waals surface area contributed by atoms with Crippen LogP contribution in [0.25, 0.3) is 17.2 Å². The van der Waals surface area contributed by atoms with E-state index >= 15 is 0 Å². The molecule has 0 bridgehead atoms. The molecule has 0 radical (unpaired) electrons. The maximum Gasteiger partial charge on any atom is 0.0308 e. The van der Waals surface area contributed by atoms with Crippen LogP contribution in [0.3, 0.4) is 0 Å². The molecule has 1 aliphatic carbocycles. The Balaban J connectivity index is 1.86. The fourth-order valence-electron chi connectivity index (χ4n) is 3.94. The van der Waals surface area contributed by atoms with Crippen molar-refractivity contribution in [1.29, 1.82) is 0 Å². The van der Waals surface area contributed by atoms with E-state index in [-0.39, 0.29) is 0 Å². The van der Waals surface area contributed by atoms with Crippen molar-refractivity contribution in [3.63, 3.8) is 0 Å². The van der Waals surface area contributed by atoms with Crippen LogP contribution in [-0.2, 0) is 5.75 Å². The summed E-state index contributed by atoms with van der Waals surface area (Å²) in [4.78, 5) is 0. The predicted octanol–water partition coefficient (Wildman–Crippen LogP) is 6.77. The number of thioether (sulfide) groups is 1. The second-order valence-corrected chi connectivity index (χ2v) is 7.49. The van der Waals surface area contributed by atoms with E-state index in [0.29, 0.717) is 5.92 Å². The van der Waals surface area contributed by atoms with Gasteiger partial charge < -0.3 is 0 Å². The molecule has 3 aromatic rings. The largest absolute Gasteiger partial charge is 0.161 e. The minimum atomic E-state index is 0.377. The lowest BCUT2D eigenvalue weighted by Gasteiger charge is -2.19. The standard InChI is InChI=1S/C24H22S/c1-17-15-23-20(18-9-4-3-5-10-18)13-8-14-22(23)24(17)21-12-7-6-11-19(21)16-25-2/h3-15,24H,16H2,1-2H3. The van der Waals surface area contributed by atoms with Crippen LogP contribution in [0, 0.1) is 0 Å². The number of rotatable bonds is 4. The van der Waals surface area contributed by atoms with Crippen molar-refractivity contribution in [3.8, 4) is 11.1 Å². The molecule has 25 heavy (non-hydrogen) atoms. The molecule has 1 unspecified atom stereocenters. The van der Waals surface area contributed by atoms with Crippen LogP contribution in [0.5, 0.6) is 0 Å². The Morgan fingerprint density at radius 2 is 1.52 bits per heavy atom. The Hall–Kier alpha value is -2.25. The van der Waals surface area contributed by atoms with Crippen LogP contribution >= 0.6 is 11.8 Å². The third-order valence-corrected chi connectivity index (χ3v) is 5.63. The summed E-state index contributed by atoms with van der Waals surface area (Å²) < 4.78 is 0. The van der Waals surface area contributed by atoms with Crippen molar-refractivity contribution in [1.82, 2.24) is 0 Å². The molecule has 1 aliphatic rings. The summed E-state index contributed by atoms with van der Waals surface area (Å²) in [7, 11) is 0. The lowest BCUT2D eigenvalue weighted by Crippen LogP contribution is -2.03. The van der Waals surface area contributed by atoms with Crippen LogP contribution in [0.15, 0.2) is 78.4 Å². The molecule has 0 saturated heterocycles. The lowest BCUT2D eigenvalue weighted by molar-refractivity contribution is 0.959. The monoisotopic (exact) mass is 342 g/mol. The van der Waals surface area contributed by atoms with E-state index in [9.17, 15) is 0 Å². The second-order valence-electron chi connectivity index (χ2n) is 6.63. The summed E-state index contributed by atoms with van der Waals surface area (Å²) in [6, 6.07) is 26.4. The molecule has 0 saturated carbocycles. The molecule has 0 aromatic heterocycles. The van der Waals surface area contributed by atoms with E-state index < -0.39 is 0 Å². The normalized spacial score (nSPS) is 15.8. The highest BCUT2D eigenvalue weighted by Crippen LogP contribution is 2.45. The minimum Gasteiger partial charge on any atom is -0.161 e. The molecule has 4 rings (SSSR count). The summed E-state index contributed by atoms with van der Waals surface area (Å²) in [5, 5.41) is 0. The van der Waals surface area contributed by atoms with E-state index in [1.807, 2.05) is 11.8 Å². The van der Waals surface area contributed by atoms with E-state index in [2.05, 4.69) is 92.1 Å². The fraction of sp³-hybridized carbons (Fsp3) is 0.167. The van der Waals surface area contributed by atoms with E-state index in [0.717, 1.165) is 5.75 Å². The van der Waals surface area contributed by atoms with Crippen LogP contribution < -0.4 is 0 Å². The van der Waals surface area contributed by atoms with Crippen molar-refractivity contribution in [3.05, 3.63) is 101 Å². The van der Waals surface area contributed by atoms with Crippen molar-refractivity contribution in [2.45, 2.75) is 18.6 Å². The maximum absolute atomic E-state index is 2.39. The molecule has 1 atom stereocenters. The van der Waals surface area contributed by atoms with Crippen LogP contribution in [0.4, 0.5) is 0 Å². The average molecular weight is 343 g/mol. The Bertz CT molecular complexity index is 922. The zero-order valence-corrected chi connectivity index (χ0v) is 15.5. The fourth-order valence-corrected chi connectivity index (χ4v) is 4.51. The quantitative estimate of drug-likeness (QED) is 0.504. The third-order valence-electron chi connectivity index (χ3n) is 5.03. The van der Waals surface area contributed by atoms with Gasteiger partial charge in [0.05, 0.1) is 0 Å². The van der Waals surface area contributed by atoms with E-state index in [1.54, 1.807) is 0 Å². The molecular weight excluding hydrogens is 320 g/mol. The molecule has 3 aromatic carbocycles. The van der Waals surface area contributed by atoms with E-state index in [1.165, 1.54) is 39.0 Å². The van der Waals surface area contributed by atoms with Gasteiger partial charge in [-0.05, 0) is 46.6 Å². The first kappa shape index (κ1) is 16.2. The Kier molecular flexibility index (Phi) is 4.50. The van der Waals surface area contributed by atoms with Crippen molar-refractivity contribution < 1.29 is 0 Å². The minimum absolute atomic E-state index is 0.377. The number of fused-ring (bicyclic) bond motifs is 1. The molecule has 0 aliphatic heterocycles. The topological polar surface area (TPSA) is 0 Å². The first-order valence-electron chi connectivity index (χ1n) is 8.73. The predicted molar refractivity (Wildman–Crippen MR) is 111 cm³/mol. The third kappa shape index (κ3) is 2.94. The van der Waals surface area contributed by atoms with Gasteiger partial charge in [-0.1, -0.05) is 84.4 Å². The number of allylic oxidation sites excluding steroid dienone is 1. The van der Waals surface area contributed by atoms with Crippen LogP contribution in [0.1, 0.15) is 35.1 Å². The van der Waals surface area contributed by atoms with Gasteiger partial charge in [-0.15, -0.1) is 0 Å². The van der Waals surface area contributed by atoms with Gasteiger partial charge in [0, 0.05) is 11.7 Å². The zero-order chi connectivity index (χ0) is 17.2. The summed E-state index contributed by atoms with van der Waals surface area (Å²) in [5.41, 5.74) is 9.79. The van der Waals surface area contributed by atoms with Gasteiger partial charge in [0.15, 0.2) is 0 Å². The van der Waals surface area contributed by atoms with E-state index in [4.69, 9.17) is 0 Å². The molecule has 0 nitrogen and oxygen atoms in total. The molecular formula is C24H22S. The van der Waals surface area contributed by atoms with Gasteiger partial charge in [-0.2, -0.15) is 11.8 Å². The van der Waals surface area contributed by atoms with Crippen LogP contribution in [0.2, 0.25) is 0 Å². The molecule has 0 amide bonds. The second kappa shape index (κ2) is 6.93. The Labute approximate surface area is 154 Å². The van der Waals surface area contributed by atoms with Gasteiger partial charge in [0.2, 0.25) is 0 Å². The molecule has 0 spiro atoms. The number of hydrogen-bond donors (Lipinski definition) is 0. The molecule has 0 heterocycles. The van der Waals surface area contributed by atoms with Crippen molar-refractivity contribution in [2.24, 2.45) is 0 Å². The zero-order valence-electron chi connectivity index (χ0n) is 14.7. The van der Waals surface area contributed by atoms with Crippen molar-refractivity contribution in [2.75, 3.05) is 6.26 Å². The van der Waals surface area contributed by atoms with Gasteiger partial charge in [-0.25, -0.2) is 0 Å². The number of benzene rings is 3. The van der Waals surface area contributed by atoms with Crippen molar-refractivity contribution >= 4 is 17.8 Å². The first-order chi connectivity index (χ1) is 12.3. The molecule has 0 N–H and O–H groups in total. The Morgan fingerprint density at radius 3 is 2.32 bits per heavy atom. The smallest absolute Gasteiger partial charge is 0.0308 e. The van der Waals surface area contributed by atoms with Gasteiger partial charge >= 0.3 is 0 Å². The number of hydrogen-bond acceptors (Lipinski definition) is 1. The lowest BCUT2D eigenvalue weighted by atomic mass is 9.85. The highest BCUT2D eigenvalue weighted by Gasteiger charge is 2.27. The molecule has 0 fully saturated rings. The summed E-state index contributed by atoms with van der Waals surface area (Å²) >= 11 is 1.89. The summed E-state index contributed by atoms with van der Waals surface area (Å²) in [5.74, 6) is 1.44. The molecule has 124 valence electrons. The van der Waals surface area contributed by atoms with Gasteiger partial charge in [0.1, 0.15) is 0 Å². The van der Waals surface area contributed by atoms with Gasteiger partial charge in [-0.3, -0.25) is 0 Å². The summed E-state index contributed by atoms with van der Waals surface area (Å²) in [6.45, 7) is 2.27. The van der Waals surface area contributed by atoms with Crippen LogP contribution in [-0.4, -0.2) is 6.26 Å². The average Bonchev–Trinajstić information content (AvgIpc) is 2.99.